The van der Waals surface area contributed by atoms with Crippen molar-refractivity contribution in [1.82, 2.24) is 5.32 Å². The molecule has 0 aliphatic rings. The van der Waals surface area contributed by atoms with E-state index in [1.54, 1.807) is 13.8 Å². The van der Waals surface area contributed by atoms with E-state index in [0.29, 0.717) is 17.6 Å². The van der Waals surface area contributed by atoms with Crippen LogP contribution in [0.15, 0.2) is 0 Å². The second-order valence-corrected chi connectivity index (χ2v) is 8.13. The smallest absolute Gasteiger partial charge is 0.268 e. The number of nitrogens with zero attached hydrogens (tertiary/aromatic N) is 1. The van der Waals surface area contributed by atoms with Gasteiger partial charge in [0, 0.05) is 18.9 Å². The zero-order chi connectivity index (χ0) is 18.1. The lowest BCUT2D eigenvalue weighted by molar-refractivity contribution is -0.890. The first-order valence-electron chi connectivity index (χ1n) is 8.23. The third-order valence-corrected chi connectivity index (χ3v) is 4.76. The van der Waals surface area contributed by atoms with E-state index < -0.39 is 13.9 Å². The number of hydrogen-bond acceptors (Lipinski definition) is 5. The second-order valence-electron chi connectivity index (χ2n) is 6.77. The van der Waals surface area contributed by atoms with Crippen molar-refractivity contribution in [1.29, 1.82) is 0 Å². The largest absolute Gasteiger partial charge is 0.756 e. The third-order valence-electron chi connectivity index (χ3n) is 3.59. The first-order chi connectivity index (χ1) is 10.5. The summed E-state index contributed by atoms with van der Waals surface area (Å²) in [5.74, 6) is 0.123. The van der Waals surface area contributed by atoms with E-state index in [2.05, 4.69) is 5.32 Å². The summed E-state index contributed by atoms with van der Waals surface area (Å²) < 4.78 is 21.7. The monoisotopic (exact) mass is 352 g/mol. The SMILES string of the molecule is CCC(C)C(=O)NCCC[N+](C)(C)CCOP(=O)([O-])OC(C)C. The lowest BCUT2D eigenvalue weighted by atomic mass is 10.1. The molecule has 1 N–H and O–H groups in total. The summed E-state index contributed by atoms with van der Waals surface area (Å²) in [6, 6.07) is 0. The topological polar surface area (TPSA) is 87.7 Å². The maximum absolute atomic E-state index is 11.7. The van der Waals surface area contributed by atoms with Crippen molar-refractivity contribution in [3.05, 3.63) is 0 Å². The van der Waals surface area contributed by atoms with E-state index in [1.165, 1.54) is 0 Å². The number of carbonyl (C=O) groups is 1. The van der Waals surface area contributed by atoms with Crippen molar-refractivity contribution in [2.75, 3.05) is 40.3 Å². The van der Waals surface area contributed by atoms with Gasteiger partial charge in [-0.05, 0) is 20.3 Å². The van der Waals surface area contributed by atoms with Crippen LogP contribution in [-0.4, -0.2) is 56.8 Å². The highest BCUT2D eigenvalue weighted by Crippen LogP contribution is 2.39. The van der Waals surface area contributed by atoms with Crippen molar-refractivity contribution in [2.45, 2.75) is 46.6 Å². The summed E-state index contributed by atoms with van der Waals surface area (Å²) in [6.07, 6.45) is 1.24. The Balaban J connectivity index is 3.97. The first kappa shape index (κ1) is 22.5. The van der Waals surface area contributed by atoms with E-state index in [-0.39, 0.29) is 18.4 Å². The Kier molecular flexibility index (Phi) is 10.2. The van der Waals surface area contributed by atoms with Gasteiger partial charge in [-0.15, -0.1) is 0 Å². The Labute approximate surface area is 140 Å². The van der Waals surface area contributed by atoms with Gasteiger partial charge < -0.3 is 23.7 Å². The summed E-state index contributed by atoms with van der Waals surface area (Å²) in [7, 11) is -0.213. The van der Waals surface area contributed by atoms with E-state index in [9.17, 15) is 14.3 Å². The molecule has 8 heteroatoms. The van der Waals surface area contributed by atoms with Gasteiger partial charge in [0.05, 0.1) is 26.7 Å². The van der Waals surface area contributed by atoms with Crippen LogP contribution in [0.4, 0.5) is 0 Å². The van der Waals surface area contributed by atoms with Gasteiger partial charge in [-0.1, -0.05) is 13.8 Å². The number of hydrogen-bond donors (Lipinski definition) is 1. The zero-order valence-electron chi connectivity index (χ0n) is 15.3. The molecule has 0 saturated heterocycles. The fourth-order valence-electron chi connectivity index (χ4n) is 1.88. The number of carbonyl (C=O) groups excluding carboxylic acids is 1. The van der Waals surface area contributed by atoms with Crippen molar-refractivity contribution in [3.63, 3.8) is 0 Å². The van der Waals surface area contributed by atoms with Gasteiger partial charge in [0.1, 0.15) is 13.2 Å². The molecular formula is C15H33N2O5P. The molecule has 0 aromatic rings. The van der Waals surface area contributed by atoms with Crippen molar-refractivity contribution >= 4 is 13.7 Å². The number of amides is 1. The average molecular weight is 352 g/mol. The minimum absolute atomic E-state index is 0.0399. The van der Waals surface area contributed by atoms with Gasteiger partial charge in [0.25, 0.3) is 7.82 Å². The quantitative estimate of drug-likeness (QED) is 0.327. The fourth-order valence-corrected chi connectivity index (χ4v) is 2.76. The van der Waals surface area contributed by atoms with Gasteiger partial charge in [-0.25, -0.2) is 0 Å². The molecule has 0 aliphatic carbocycles. The van der Waals surface area contributed by atoms with Crippen LogP contribution in [0.3, 0.4) is 0 Å². The van der Waals surface area contributed by atoms with Crippen molar-refractivity contribution < 1.29 is 27.8 Å². The van der Waals surface area contributed by atoms with Gasteiger partial charge in [0.2, 0.25) is 5.91 Å². The zero-order valence-corrected chi connectivity index (χ0v) is 16.2. The normalized spacial score (nSPS) is 16.2. The molecule has 138 valence electrons. The van der Waals surface area contributed by atoms with Crippen LogP contribution in [0.5, 0.6) is 0 Å². The molecule has 0 aromatic carbocycles. The van der Waals surface area contributed by atoms with Gasteiger partial charge in [0.15, 0.2) is 0 Å². The summed E-state index contributed by atoms with van der Waals surface area (Å²) in [5, 5.41) is 2.91. The molecule has 0 saturated carbocycles. The molecule has 0 bridgehead atoms. The molecule has 0 heterocycles. The summed E-state index contributed by atoms with van der Waals surface area (Å²) in [4.78, 5) is 23.1. The third kappa shape index (κ3) is 11.7. The van der Waals surface area contributed by atoms with E-state index in [0.717, 1.165) is 19.4 Å². The van der Waals surface area contributed by atoms with E-state index in [4.69, 9.17) is 9.05 Å². The summed E-state index contributed by atoms with van der Waals surface area (Å²) in [5.41, 5.74) is 0. The van der Waals surface area contributed by atoms with Crippen LogP contribution >= 0.6 is 7.82 Å². The van der Waals surface area contributed by atoms with Crippen LogP contribution in [0.2, 0.25) is 0 Å². The van der Waals surface area contributed by atoms with Crippen LogP contribution in [0, 0.1) is 5.92 Å². The molecule has 23 heavy (non-hydrogen) atoms. The lowest BCUT2D eigenvalue weighted by Crippen LogP contribution is -2.44. The second kappa shape index (κ2) is 10.4. The number of quaternary nitrogens is 1. The molecule has 0 aliphatic heterocycles. The minimum Gasteiger partial charge on any atom is -0.756 e. The summed E-state index contributed by atoms with van der Waals surface area (Å²) >= 11 is 0. The van der Waals surface area contributed by atoms with Crippen molar-refractivity contribution in [2.24, 2.45) is 5.92 Å². The first-order valence-corrected chi connectivity index (χ1v) is 9.69. The van der Waals surface area contributed by atoms with E-state index >= 15 is 0 Å². The average Bonchev–Trinajstić information content (AvgIpc) is 2.40. The predicted molar refractivity (Wildman–Crippen MR) is 88.7 cm³/mol. The predicted octanol–water partition coefficient (Wildman–Crippen LogP) is 1.53. The number of nitrogens with one attached hydrogen (secondary N) is 1. The Morgan fingerprint density at radius 1 is 1.26 bits per heavy atom. The number of rotatable bonds is 12. The van der Waals surface area contributed by atoms with Gasteiger partial charge in [-0.3, -0.25) is 9.36 Å². The molecule has 0 spiro atoms. The van der Waals surface area contributed by atoms with Crippen LogP contribution in [-0.2, 0) is 18.4 Å². The molecule has 0 aromatic heterocycles. The van der Waals surface area contributed by atoms with Crippen LogP contribution < -0.4 is 10.2 Å². The molecule has 0 radical (unpaired) electrons. The highest BCUT2D eigenvalue weighted by atomic mass is 31.2. The minimum atomic E-state index is -4.21. The highest BCUT2D eigenvalue weighted by Gasteiger charge is 2.18. The van der Waals surface area contributed by atoms with E-state index in [1.807, 2.05) is 27.9 Å². The number of phosphoric acid groups is 1. The molecule has 2 unspecified atom stereocenters. The molecule has 0 rings (SSSR count). The summed E-state index contributed by atoms with van der Waals surface area (Å²) in [6.45, 7) is 9.26. The molecule has 1 amide bonds. The Morgan fingerprint density at radius 2 is 1.87 bits per heavy atom. The number of likely N-dealkylation sites (N-methyl/N-ethyl adjacent to an activating group) is 1. The molecule has 2 atom stereocenters. The highest BCUT2D eigenvalue weighted by molar-refractivity contribution is 7.45. The molecule has 0 fully saturated rings. The Bertz CT molecular complexity index is 401. The Hall–Kier alpha value is -0.460. The van der Waals surface area contributed by atoms with Crippen LogP contribution in [0.1, 0.15) is 40.5 Å². The van der Waals surface area contributed by atoms with Gasteiger partial charge in [-0.2, -0.15) is 0 Å². The Morgan fingerprint density at radius 3 is 2.39 bits per heavy atom. The molecule has 7 nitrogen and oxygen atoms in total. The maximum Gasteiger partial charge on any atom is 0.268 e. The lowest BCUT2D eigenvalue weighted by Gasteiger charge is -2.31. The maximum atomic E-state index is 11.7. The number of phosphoric ester groups is 1. The van der Waals surface area contributed by atoms with Crippen LogP contribution in [0.25, 0.3) is 0 Å². The van der Waals surface area contributed by atoms with Crippen molar-refractivity contribution in [3.8, 4) is 0 Å². The standard InChI is InChI=1S/C15H33N2O5P/c1-7-14(4)15(18)16-9-8-10-17(5,6)11-12-21-23(19,20)22-13(2)3/h13-14H,7-12H2,1-6H3,(H-,16,18,19,20). The fraction of sp³-hybridized carbons (Fsp3) is 0.933. The van der Waals surface area contributed by atoms with Gasteiger partial charge >= 0.3 is 0 Å². The molecular weight excluding hydrogens is 319 g/mol.